The van der Waals surface area contributed by atoms with Gasteiger partial charge in [-0.15, -0.1) is 0 Å². The van der Waals surface area contributed by atoms with Crippen LogP contribution < -0.4 is 4.74 Å². The summed E-state index contributed by atoms with van der Waals surface area (Å²) in [6.07, 6.45) is -16.5. The number of carbonyl (C=O) groups is 6. The molecule has 54 heavy (non-hydrogen) atoms. The van der Waals surface area contributed by atoms with Crippen LogP contribution >= 0.6 is 0 Å². The number of ether oxygens (including phenoxy) is 11. The van der Waals surface area contributed by atoms with E-state index in [4.69, 9.17) is 52.1 Å². The number of hydrogen-bond acceptors (Lipinski definition) is 21. The molecular weight excluding hydrogens is 736 g/mol. The second-order valence-electron chi connectivity index (χ2n) is 11.6. The lowest BCUT2D eigenvalue weighted by Crippen LogP contribution is -2.67. The number of esters is 6. The predicted octanol–water partition coefficient (Wildman–Crippen LogP) is 0.585. The smallest absolute Gasteiger partial charge is 0.317 e. The van der Waals surface area contributed by atoms with E-state index in [9.17, 15) is 49.0 Å². The number of benzene rings is 1. The quantitative estimate of drug-likeness (QED) is 0.102. The van der Waals surface area contributed by atoms with Gasteiger partial charge in [-0.3, -0.25) is 49.0 Å². The molecule has 298 valence electrons. The minimum Gasteiger partial charge on any atom is -0.463 e. The number of nitrogens with zero attached hydrogens (tertiary/aromatic N) is 2. The van der Waals surface area contributed by atoms with Crippen molar-refractivity contribution >= 4 is 47.2 Å². The standard InChI is InChI=1S/C31H38N2O21/c1-13(34)45-11-22-24(44-7)26(47-15(3)36)28(49-17(5)38)31(52-22)54-25-23(12-46-14(2)35)53-30(29(50-18(6)39)27(25)48-16(4)37)51-21-9-8-19(32(40)41)10-20(21)33(42)43/h8-10,22-31H,11-12H2,1-7H3/t22-,23-,24-,25-,26+,27+,28-,29-,30-,31-/m1/s1. The summed E-state index contributed by atoms with van der Waals surface area (Å²) >= 11 is 0. The van der Waals surface area contributed by atoms with E-state index in [0.717, 1.165) is 53.7 Å². The zero-order valence-electron chi connectivity index (χ0n) is 29.9. The van der Waals surface area contributed by atoms with E-state index in [2.05, 4.69) is 0 Å². The number of hydrogen-bond donors (Lipinski definition) is 0. The number of nitro benzene ring substituents is 2. The van der Waals surface area contributed by atoms with Crippen molar-refractivity contribution in [2.75, 3.05) is 20.3 Å². The summed E-state index contributed by atoms with van der Waals surface area (Å²) in [6, 6.07) is 2.35. The molecule has 0 N–H and O–H groups in total. The fourth-order valence-electron chi connectivity index (χ4n) is 5.51. The van der Waals surface area contributed by atoms with Crippen LogP contribution in [-0.2, 0) is 76.1 Å². The van der Waals surface area contributed by atoms with Gasteiger partial charge in [0, 0.05) is 54.7 Å². The van der Waals surface area contributed by atoms with Gasteiger partial charge in [0.1, 0.15) is 37.6 Å². The first kappa shape index (κ1) is 42.9. The Hall–Kier alpha value is -5.52. The van der Waals surface area contributed by atoms with E-state index in [1.165, 1.54) is 7.11 Å². The van der Waals surface area contributed by atoms with E-state index < -0.39 is 137 Å². The molecule has 0 unspecified atom stereocenters. The van der Waals surface area contributed by atoms with Crippen LogP contribution in [0.25, 0.3) is 0 Å². The summed E-state index contributed by atoms with van der Waals surface area (Å²) in [5, 5.41) is 23.2. The summed E-state index contributed by atoms with van der Waals surface area (Å²) in [5.74, 6) is -6.02. The third kappa shape index (κ3) is 11.5. The Balaban J connectivity index is 2.20. The molecule has 0 radical (unpaired) electrons. The molecule has 2 heterocycles. The molecule has 0 aliphatic carbocycles. The molecule has 1 aromatic rings. The topological polar surface area (TPSA) is 290 Å². The Kier molecular flexibility index (Phi) is 15.1. The molecule has 0 saturated carbocycles. The van der Waals surface area contributed by atoms with E-state index in [-0.39, 0.29) is 0 Å². The molecule has 23 nitrogen and oxygen atoms in total. The zero-order chi connectivity index (χ0) is 40.4. The number of non-ortho nitro benzene ring substituents is 1. The van der Waals surface area contributed by atoms with Gasteiger partial charge in [-0.25, -0.2) is 0 Å². The lowest BCUT2D eigenvalue weighted by Gasteiger charge is -2.48. The normalized spacial score (nSPS) is 27.7. The van der Waals surface area contributed by atoms with Crippen molar-refractivity contribution in [1.82, 2.24) is 0 Å². The van der Waals surface area contributed by atoms with Crippen molar-refractivity contribution in [3.05, 3.63) is 38.4 Å². The van der Waals surface area contributed by atoms with Crippen LogP contribution in [0.3, 0.4) is 0 Å². The van der Waals surface area contributed by atoms with Gasteiger partial charge in [-0.1, -0.05) is 0 Å². The molecular formula is C31H38N2O21. The summed E-state index contributed by atoms with van der Waals surface area (Å²) < 4.78 is 61.7. The van der Waals surface area contributed by atoms with Crippen LogP contribution in [0.2, 0.25) is 0 Å². The number of methoxy groups -OCH3 is 1. The lowest BCUT2D eigenvalue weighted by molar-refractivity contribution is -0.395. The van der Waals surface area contributed by atoms with Crippen molar-refractivity contribution in [1.29, 1.82) is 0 Å². The van der Waals surface area contributed by atoms with Crippen LogP contribution in [0.15, 0.2) is 18.2 Å². The molecule has 3 rings (SSSR count). The average Bonchev–Trinajstić information content (AvgIpc) is 3.05. The Morgan fingerprint density at radius 3 is 1.50 bits per heavy atom. The first-order valence-electron chi connectivity index (χ1n) is 15.9. The minimum atomic E-state index is -1.93. The molecule has 0 amide bonds. The molecule has 2 aliphatic rings. The third-order valence-electron chi connectivity index (χ3n) is 7.45. The van der Waals surface area contributed by atoms with Crippen molar-refractivity contribution < 1.29 is 90.7 Å². The van der Waals surface area contributed by atoms with E-state index >= 15 is 0 Å². The average molecular weight is 775 g/mol. The van der Waals surface area contributed by atoms with Crippen LogP contribution in [0.1, 0.15) is 41.5 Å². The second kappa shape index (κ2) is 19.0. The van der Waals surface area contributed by atoms with Crippen molar-refractivity contribution in [3.8, 4) is 5.75 Å². The Labute approximate surface area is 305 Å². The highest BCUT2D eigenvalue weighted by Gasteiger charge is 2.57. The first-order valence-corrected chi connectivity index (χ1v) is 15.9. The highest BCUT2D eigenvalue weighted by molar-refractivity contribution is 5.68. The molecule has 10 atom stereocenters. The van der Waals surface area contributed by atoms with Crippen LogP contribution in [0, 0.1) is 20.2 Å². The molecule has 2 saturated heterocycles. The molecule has 23 heteroatoms. The second-order valence-corrected chi connectivity index (χ2v) is 11.6. The fourth-order valence-corrected chi connectivity index (χ4v) is 5.51. The van der Waals surface area contributed by atoms with Gasteiger partial charge in [0.15, 0.2) is 24.6 Å². The van der Waals surface area contributed by atoms with Crippen molar-refractivity contribution in [3.63, 3.8) is 0 Å². The van der Waals surface area contributed by atoms with Crippen LogP contribution in [0.5, 0.6) is 5.75 Å². The van der Waals surface area contributed by atoms with Crippen molar-refractivity contribution in [2.24, 2.45) is 0 Å². The minimum absolute atomic E-state index is 0.510. The van der Waals surface area contributed by atoms with E-state index in [1.54, 1.807) is 0 Å². The molecule has 2 fully saturated rings. The van der Waals surface area contributed by atoms with E-state index in [0.29, 0.717) is 6.07 Å². The maximum atomic E-state index is 12.6. The maximum absolute atomic E-state index is 12.6. The van der Waals surface area contributed by atoms with Gasteiger partial charge in [0.25, 0.3) is 5.69 Å². The molecule has 0 aromatic heterocycles. The maximum Gasteiger partial charge on any atom is 0.317 e. The Morgan fingerprint density at radius 1 is 0.611 bits per heavy atom. The largest absolute Gasteiger partial charge is 0.463 e. The summed E-state index contributed by atoms with van der Waals surface area (Å²) in [4.78, 5) is 94.6. The summed E-state index contributed by atoms with van der Waals surface area (Å²) in [5.41, 5.74) is -1.57. The van der Waals surface area contributed by atoms with Gasteiger partial charge in [0.2, 0.25) is 18.1 Å². The number of nitro groups is 2. The zero-order valence-corrected chi connectivity index (χ0v) is 29.9. The van der Waals surface area contributed by atoms with Gasteiger partial charge in [-0.2, -0.15) is 0 Å². The number of carbonyl (C=O) groups excluding carboxylic acids is 6. The third-order valence-corrected chi connectivity index (χ3v) is 7.45. The monoisotopic (exact) mass is 774 g/mol. The molecule has 0 bridgehead atoms. The van der Waals surface area contributed by atoms with Crippen LogP contribution in [-0.4, -0.2) is 127 Å². The van der Waals surface area contributed by atoms with Gasteiger partial charge < -0.3 is 52.1 Å². The Bertz CT molecular complexity index is 1600. The first-order chi connectivity index (χ1) is 25.3. The van der Waals surface area contributed by atoms with Crippen LogP contribution in [0.4, 0.5) is 11.4 Å². The lowest BCUT2D eigenvalue weighted by atomic mass is 9.96. The fraction of sp³-hybridized carbons (Fsp3) is 0.613. The molecule has 2 aliphatic heterocycles. The predicted molar refractivity (Wildman–Crippen MR) is 169 cm³/mol. The SMILES string of the molecule is CO[C@H]1[C@H](OC(C)=O)[C@@H](OC(C)=O)[C@@H](O[C@H]2[C@H](OC(C)=O)[C@@H](OC(C)=O)[C@H](Oc3ccc([N+](=O)[O-])cc3[N+](=O)[O-])O[C@@H]2COC(C)=O)O[C@@H]1COC(C)=O. The van der Waals surface area contributed by atoms with E-state index in [1.807, 2.05) is 0 Å². The van der Waals surface area contributed by atoms with Crippen molar-refractivity contribution in [2.45, 2.75) is 103 Å². The molecule has 0 spiro atoms. The highest BCUT2D eigenvalue weighted by atomic mass is 16.8. The van der Waals surface area contributed by atoms with Gasteiger partial charge >= 0.3 is 41.5 Å². The molecule has 1 aromatic carbocycles. The van der Waals surface area contributed by atoms with Gasteiger partial charge in [-0.05, 0) is 6.07 Å². The Morgan fingerprint density at radius 2 is 1.06 bits per heavy atom. The number of rotatable bonds is 15. The summed E-state index contributed by atoms with van der Waals surface area (Å²) in [6.45, 7) is 4.88. The summed E-state index contributed by atoms with van der Waals surface area (Å²) in [7, 11) is 1.21. The highest BCUT2D eigenvalue weighted by Crippen LogP contribution is 2.38. The van der Waals surface area contributed by atoms with Gasteiger partial charge in [0.05, 0.1) is 15.9 Å².